The van der Waals surface area contributed by atoms with Gasteiger partial charge in [0, 0.05) is 18.3 Å². The average molecular weight is 384 g/mol. The van der Waals surface area contributed by atoms with Crippen LogP contribution in [-0.2, 0) is 19.1 Å². The van der Waals surface area contributed by atoms with Crippen LogP contribution in [0.3, 0.4) is 0 Å². The van der Waals surface area contributed by atoms with E-state index in [1.54, 1.807) is 0 Å². The Morgan fingerprint density at radius 1 is 1.14 bits per heavy atom. The molecule has 4 aliphatic carbocycles. The van der Waals surface area contributed by atoms with Crippen LogP contribution >= 0.6 is 0 Å². The number of carbonyl (C=O) groups excluding carboxylic acids is 2. The topological polar surface area (TPSA) is 80.7 Å². The van der Waals surface area contributed by atoms with Crippen molar-refractivity contribution in [1.82, 2.24) is 0 Å². The third-order valence-electron chi connectivity index (χ3n) is 9.22. The molecule has 0 aromatic carbocycles. The molecule has 3 fully saturated rings. The van der Waals surface area contributed by atoms with Gasteiger partial charge in [-0.1, -0.05) is 26.0 Å². The van der Waals surface area contributed by atoms with Gasteiger partial charge in [0.25, 0.3) is 0 Å². The lowest BCUT2D eigenvalue weighted by atomic mass is 9.48. The van der Waals surface area contributed by atoms with Crippen LogP contribution in [-0.4, -0.2) is 28.4 Å². The van der Waals surface area contributed by atoms with Gasteiger partial charge >= 0.3 is 11.9 Å². The van der Waals surface area contributed by atoms with Crippen LogP contribution in [0.2, 0.25) is 0 Å². The summed E-state index contributed by atoms with van der Waals surface area (Å²) >= 11 is 0. The number of carboxylic acid groups (broad SMARTS) is 1. The summed E-state index contributed by atoms with van der Waals surface area (Å²) in [4.78, 5) is 35.7. The summed E-state index contributed by atoms with van der Waals surface area (Å²) in [5.74, 6) is -1.12. The van der Waals surface area contributed by atoms with E-state index in [9.17, 15) is 19.5 Å². The van der Waals surface area contributed by atoms with Crippen LogP contribution in [0.25, 0.3) is 0 Å². The van der Waals surface area contributed by atoms with Crippen LogP contribution in [0, 0.1) is 34.5 Å². The van der Waals surface area contributed by atoms with E-state index in [2.05, 4.69) is 26.0 Å². The van der Waals surface area contributed by atoms with Crippen molar-refractivity contribution in [2.24, 2.45) is 34.5 Å². The molecule has 7 atom stereocenters. The van der Waals surface area contributed by atoms with Gasteiger partial charge in [0.1, 0.15) is 5.60 Å². The Balaban J connectivity index is 1.51. The van der Waals surface area contributed by atoms with Gasteiger partial charge in [-0.05, 0) is 66.9 Å². The number of ketones is 1. The minimum Gasteiger partial charge on any atom is -0.481 e. The fraction of sp³-hybridized carbons (Fsp3) is 0.696. The smallest absolute Gasteiger partial charge is 0.321 e. The van der Waals surface area contributed by atoms with Crippen molar-refractivity contribution in [3.63, 3.8) is 0 Å². The number of hydrogen-bond donors (Lipinski definition) is 1. The Morgan fingerprint density at radius 2 is 1.89 bits per heavy atom. The molecule has 5 rings (SSSR count). The predicted molar refractivity (Wildman–Crippen MR) is 101 cm³/mol. The molecular formula is C23H28O5. The first-order valence-corrected chi connectivity index (χ1v) is 10.6. The Morgan fingerprint density at radius 3 is 2.61 bits per heavy atom. The lowest BCUT2D eigenvalue weighted by Crippen LogP contribution is -2.53. The standard InChI is InChI=1S/C23H28O5/c1-21-8-5-14(24)11-13(21)3-4-15-17(21)6-9-22(2)18(15)7-10-23(22)12-16(19(25)26)20(27)28-23/h3-4,11,15-18H,5-10,12H2,1-2H3,(H,25,26)/t15-,16?,17+,18+,21+,22+,23-/m1/s1. The number of carbonyl (C=O) groups is 3. The van der Waals surface area contributed by atoms with Gasteiger partial charge in [0.05, 0.1) is 0 Å². The van der Waals surface area contributed by atoms with E-state index in [1.165, 1.54) is 5.57 Å². The molecule has 0 bridgehead atoms. The summed E-state index contributed by atoms with van der Waals surface area (Å²) in [7, 11) is 0. The maximum absolute atomic E-state index is 12.3. The fourth-order valence-corrected chi connectivity index (χ4v) is 7.50. The number of ether oxygens (including phenoxy) is 1. The zero-order valence-corrected chi connectivity index (χ0v) is 16.6. The normalized spacial score (nSPS) is 49.3. The third-order valence-corrected chi connectivity index (χ3v) is 9.22. The zero-order valence-electron chi connectivity index (χ0n) is 16.6. The molecule has 28 heavy (non-hydrogen) atoms. The zero-order chi connectivity index (χ0) is 19.9. The molecule has 5 aliphatic rings. The van der Waals surface area contributed by atoms with E-state index in [0.29, 0.717) is 30.6 Å². The van der Waals surface area contributed by atoms with Crippen LogP contribution in [0.5, 0.6) is 0 Å². The Kier molecular flexibility index (Phi) is 3.61. The second-order valence-electron chi connectivity index (χ2n) is 10.1. The highest BCUT2D eigenvalue weighted by atomic mass is 16.6. The number of fused-ring (bicyclic) bond motifs is 6. The van der Waals surface area contributed by atoms with Crippen molar-refractivity contribution in [3.05, 3.63) is 23.8 Å². The number of carboxylic acids is 1. The molecule has 1 spiro atoms. The van der Waals surface area contributed by atoms with Crippen molar-refractivity contribution in [2.45, 2.75) is 64.4 Å². The molecule has 1 saturated heterocycles. The van der Waals surface area contributed by atoms with Crippen molar-refractivity contribution in [1.29, 1.82) is 0 Å². The van der Waals surface area contributed by atoms with Crippen molar-refractivity contribution < 1.29 is 24.2 Å². The second kappa shape index (κ2) is 5.58. The average Bonchev–Trinajstić information content (AvgIpc) is 3.13. The van der Waals surface area contributed by atoms with Crippen LogP contribution in [0.4, 0.5) is 0 Å². The van der Waals surface area contributed by atoms with E-state index < -0.39 is 23.5 Å². The van der Waals surface area contributed by atoms with Gasteiger partial charge < -0.3 is 9.84 Å². The lowest BCUT2D eigenvalue weighted by molar-refractivity contribution is -0.167. The Hall–Kier alpha value is -1.91. The van der Waals surface area contributed by atoms with Gasteiger partial charge in [0.2, 0.25) is 0 Å². The lowest BCUT2D eigenvalue weighted by Gasteiger charge is -2.57. The molecule has 5 nitrogen and oxygen atoms in total. The van der Waals surface area contributed by atoms with Gasteiger partial charge in [-0.2, -0.15) is 0 Å². The number of aliphatic carboxylic acids is 1. The summed E-state index contributed by atoms with van der Waals surface area (Å²) in [5, 5.41) is 9.43. The summed E-state index contributed by atoms with van der Waals surface area (Å²) in [6, 6.07) is 0. The maximum Gasteiger partial charge on any atom is 0.321 e. The molecule has 1 N–H and O–H groups in total. The van der Waals surface area contributed by atoms with Gasteiger partial charge in [0.15, 0.2) is 11.7 Å². The molecule has 1 heterocycles. The quantitative estimate of drug-likeness (QED) is 0.551. The second-order valence-corrected chi connectivity index (χ2v) is 10.1. The van der Waals surface area contributed by atoms with Gasteiger partial charge in [-0.3, -0.25) is 14.4 Å². The third kappa shape index (κ3) is 2.11. The van der Waals surface area contributed by atoms with Gasteiger partial charge in [-0.25, -0.2) is 0 Å². The highest BCUT2D eigenvalue weighted by molar-refractivity contribution is 5.95. The van der Waals surface area contributed by atoms with Crippen molar-refractivity contribution in [2.75, 3.05) is 0 Å². The minimum absolute atomic E-state index is 0.0420. The van der Waals surface area contributed by atoms with E-state index >= 15 is 0 Å². The number of hydrogen-bond acceptors (Lipinski definition) is 4. The van der Waals surface area contributed by atoms with Crippen molar-refractivity contribution >= 4 is 17.7 Å². The highest BCUT2D eigenvalue weighted by Crippen LogP contribution is 2.69. The molecule has 0 aromatic heterocycles. The molecule has 1 aliphatic heterocycles. The number of rotatable bonds is 1. The molecule has 0 aromatic rings. The van der Waals surface area contributed by atoms with E-state index in [1.807, 2.05) is 6.08 Å². The Labute approximate surface area is 165 Å². The van der Waals surface area contributed by atoms with E-state index in [4.69, 9.17) is 4.74 Å². The molecule has 0 amide bonds. The SMILES string of the molecule is C[C@]12CCC(=O)C=C1C=C[C@@H]1[C@@H]2CC[C@@]2(C)[C@H]1CC[C@@]21CC(C(=O)O)C(=O)O1. The van der Waals surface area contributed by atoms with E-state index in [0.717, 1.165) is 32.1 Å². The van der Waals surface area contributed by atoms with E-state index in [-0.39, 0.29) is 16.6 Å². The first-order chi connectivity index (χ1) is 13.2. The first kappa shape index (κ1) is 18.1. The van der Waals surface area contributed by atoms with Crippen LogP contribution in [0.15, 0.2) is 23.8 Å². The largest absolute Gasteiger partial charge is 0.481 e. The minimum atomic E-state index is -1.06. The highest BCUT2D eigenvalue weighted by Gasteiger charge is 2.68. The summed E-state index contributed by atoms with van der Waals surface area (Å²) in [6.07, 6.45) is 11.9. The summed E-state index contributed by atoms with van der Waals surface area (Å²) < 4.78 is 5.88. The molecule has 1 unspecified atom stereocenters. The molecular weight excluding hydrogens is 356 g/mol. The molecule has 150 valence electrons. The van der Waals surface area contributed by atoms with Crippen LogP contribution in [0.1, 0.15) is 58.8 Å². The molecule has 0 radical (unpaired) electrons. The van der Waals surface area contributed by atoms with Gasteiger partial charge in [-0.15, -0.1) is 0 Å². The first-order valence-electron chi connectivity index (χ1n) is 10.6. The van der Waals surface area contributed by atoms with Crippen LogP contribution < -0.4 is 0 Å². The summed E-state index contributed by atoms with van der Waals surface area (Å²) in [6.45, 7) is 4.54. The van der Waals surface area contributed by atoms with Crippen molar-refractivity contribution in [3.8, 4) is 0 Å². The molecule has 5 heteroatoms. The maximum atomic E-state index is 12.3. The number of esters is 1. The monoisotopic (exact) mass is 384 g/mol. The predicted octanol–water partition coefficient (Wildman–Crippen LogP) is 3.68. The summed E-state index contributed by atoms with van der Waals surface area (Å²) in [5.41, 5.74) is 0.413. The Bertz CT molecular complexity index is 840. The molecule has 2 saturated carbocycles. The fourth-order valence-electron chi connectivity index (χ4n) is 7.50. The number of allylic oxidation sites excluding steroid dienone is 4.